The molecule has 1 aliphatic heterocycles. The summed E-state index contributed by atoms with van der Waals surface area (Å²) < 4.78 is 5.10. The molecule has 6 nitrogen and oxygen atoms in total. The predicted molar refractivity (Wildman–Crippen MR) is 78.0 cm³/mol. The Morgan fingerprint density at radius 2 is 1.95 bits per heavy atom. The maximum Gasteiger partial charge on any atom is 0.363 e. The summed E-state index contributed by atoms with van der Waals surface area (Å²) in [5, 5.41) is 10.6. The van der Waals surface area contributed by atoms with Crippen LogP contribution in [0.5, 0.6) is 0 Å². The lowest BCUT2D eigenvalue weighted by Gasteiger charge is -1.97. The molecule has 0 atom stereocenters. The summed E-state index contributed by atoms with van der Waals surface area (Å²) in [5.74, 6) is -0.331. The normalized spacial score (nSPS) is 15.9. The highest BCUT2D eigenvalue weighted by Crippen LogP contribution is 2.27. The van der Waals surface area contributed by atoms with Crippen LogP contribution in [0, 0.1) is 10.1 Å². The van der Waals surface area contributed by atoms with Crippen molar-refractivity contribution in [3.05, 3.63) is 68.7 Å². The number of nitrogens with zero attached hydrogens (tertiary/aromatic N) is 2. The third-order valence-corrected chi connectivity index (χ3v) is 3.70. The lowest BCUT2D eigenvalue weighted by molar-refractivity contribution is -0.380. The highest BCUT2D eigenvalue weighted by molar-refractivity contribution is 7.16. The van der Waals surface area contributed by atoms with Crippen LogP contribution in [-0.2, 0) is 9.53 Å². The molecule has 0 aliphatic carbocycles. The van der Waals surface area contributed by atoms with Gasteiger partial charge in [-0.1, -0.05) is 29.5 Å². The van der Waals surface area contributed by atoms with Gasteiger partial charge in [0.1, 0.15) is 0 Å². The molecule has 1 aromatic heterocycles. The molecule has 21 heavy (non-hydrogen) atoms. The molecule has 0 radical (unpaired) electrons. The molecule has 0 spiro atoms. The molecule has 0 saturated heterocycles. The van der Waals surface area contributed by atoms with Crippen LogP contribution in [-0.4, -0.2) is 16.8 Å². The van der Waals surface area contributed by atoms with Gasteiger partial charge in [-0.2, -0.15) is 0 Å². The zero-order valence-electron chi connectivity index (χ0n) is 10.6. The van der Waals surface area contributed by atoms with Gasteiger partial charge < -0.3 is 4.74 Å². The molecule has 0 unspecified atom stereocenters. The van der Waals surface area contributed by atoms with Crippen LogP contribution in [0.2, 0.25) is 0 Å². The maximum atomic E-state index is 11.8. The molecule has 104 valence electrons. The van der Waals surface area contributed by atoms with E-state index in [0.717, 1.165) is 11.3 Å². The van der Waals surface area contributed by atoms with Crippen molar-refractivity contribution in [2.45, 2.75) is 0 Å². The van der Waals surface area contributed by atoms with E-state index in [4.69, 9.17) is 4.74 Å². The second-order valence-electron chi connectivity index (χ2n) is 4.14. The SMILES string of the molecule is O=C1OC(c2ccccc2)=NC1=Cc1ccc([N+](=O)[O-])s1. The number of hydrogen-bond acceptors (Lipinski definition) is 6. The van der Waals surface area contributed by atoms with Gasteiger partial charge >= 0.3 is 11.0 Å². The smallest absolute Gasteiger partial charge is 0.363 e. The summed E-state index contributed by atoms with van der Waals surface area (Å²) in [7, 11) is 0. The number of cyclic esters (lactones) is 1. The topological polar surface area (TPSA) is 81.8 Å². The number of carbonyl (C=O) groups excluding carboxylic acids is 1. The highest BCUT2D eigenvalue weighted by atomic mass is 32.1. The molecule has 1 aromatic carbocycles. The number of carbonyl (C=O) groups is 1. The third-order valence-electron chi connectivity index (χ3n) is 2.71. The van der Waals surface area contributed by atoms with Crippen LogP contribution in [0.1, 0.15) is 10.4 Å². The predicted octanol–water partition coefficient (Wildman–Crippen LogP) is 3.00. The zero-order valence-corrected chi connectivity index (χ0v) is 11.4. The summed E-state index contributed by atoms with van der Waals surface area (Å²) >= 11 is 0.974. The Balaban J connectivity index is 1.91. The van der Waals surface area contributed by atoms with Crippen LogP contribution in [0.4, 0.5) is 5.00 Å². The van der Waals surface area contributed by atoms with Gasteiger partial charge in [0.05, 0.1) is 4.92 Å². The Morgan fingerprint density at radius 3 is 2.62 bits per heavy atom. The standard InChI is InChI=1S/C14H8N2O4S/c17-14-11(8-10-6-7-12(21-10)16(18)19)15-13(20-14)9-4-2-1-3-5-9/h1-8H. The molecule has 2 aromatic rings. The average molecular weight is 300 g/mol. The van der Waals surface area contributed by atoms with E-state index in [0.29, 0.717) is 10.4 Å². The Hall–Kier alpha value is -2.80. The van der Waals surface area contributed by atoms with Gasteiger partial charge in [0.2, 0.25) is 5.90 Å². The molecule has 0 amide bonds. The van der Waals surface area contributed by atoms with E-state index in [2.05, 4.69) is 4.99 Å². The molecule has 7 heteroatoms. The minimum absolute atomic E-state index is 0.0143. The zero-order chi connectivity index (χ0) is 14.8. The summed E-state index contributed by atoms with van der Waals surface area (Å²) in [6.07, 6.45) is 1.48. The van der Waals surface area contributed by atoms with Crippen molar-refractivity contribution in [3.63, 3.8) is 0 Å². The monoisotopic (exact) mass is 300 g/mol. The molecule has 0 fully saturated rings. The Kier molecular flexibility index (Phi) is 3.33. The molecule has 0 bridgehead atoms. The summed E-state index contributed by atoms with van der Waals surface area (Å²) in [6, 6.07) is 12.0. The van der Waals surface area contributed by atoms with Crippen LogP contribution < -0.4 is 0 Å². The van der Waals surface area contributed by atoms with Crippen LogP contribution in [0.25, 0.3) is 6.08 Å². The first-order chi connectivity index (χ1) is 10.1. The number of esters is 1. The quantitative estimate of drug-likeness (QED) is 0.377. The Labute approximate surface area is 123 Å². The molecule has 1 aliphatic rings. The molecule has 0 saturated carbocycles. The third kappa shape index (κ3) is 2.72. The minimum atomic E-state index is -0.565. The van der Waals surface area contributed by atoms with E-state index in [1.54, 1.807) is 18.2 Å². The minimum Gasteiger partial charge on any atom is -0.402 e. The molecular formula is C14H8N2O4S. The van der Waals surface area contributed by atoms with Crippen molar-refractivity contribution >= 4 is 34.3 Å². The van der Waals surface area contributed by atoms with Crippen LogP contribution in [0.15, 0.2) is 53.2 Å². The largest absolute Gasteiger partial charge is 0.402 e. The lowest BCUT2D eigenvalue weighted by atomic mass is 10.2. The summed E-state index contributed by atoms with van der Waals surface area (Å²) in [4.78, 5) is 26.6. The second kappa shape index (κ2) is 5.29. The lowest BCUT2D eigenvalue weighted by Crippen LogP contribution is -2.04. The Bertz CT molecular complexity index is 777. The van der Waals surface area contributed by atoms with E-state index in [9.17, 15) is 14.9 Å². The number of hydrogen-bond donors (Lipinski definition) is 0. The van der Waals surface area contributed by atoms with Crippen molar-refractivity contribution in [1.82, 2.24) is 0 Å². The van der Waals surface area contributed by atoms with Crippen molar-refractivity contribution in [3.8, 4) is 0 Å². The first-order valence-corrected chi connectivity index (χ1v) is 6.77. The van der Waals surface area contributed by atoms with Gasteiger partial charge in [-0.3, -0.25) is 10.1 Å². The molecule has 3 rings (SSSR count). The molecule has 2 heterocycles. The van der Waals surface area contributed by atoms with Crippen LogP contribution in [0.3, 0.4) is 0 Å². The van der Waals surface area contributed by atoms with Crippen molar-refractivity contribution < 1.29 is 14.5 Å². The maximum absolute atomic E-state index is 11.8. The fourth-order valence-corrected chi connectivity index (χ4v) is 2.52. The second-order valence-corrected chi connectivity index (χ2v) is 5.23. The van der Waals surface area contributed by atoms with Crippen molar-refractivity contribution in [2.24, 2.45) is 4.99 Å². The Morgan fingerprint density at radius 1 is 1.19 bits per heavy atom. The summed E-state index contributed by atoms with van der Waals surface area (Å²) in [5.41, 5.74) is 0.831. The number of thiophene rings is 1. The van der Waals surface area contributed by atoms with E-state index < -0.39 is 10.9 Å². The van der Waals surface area contributed by atoms with Gasteiger partial charge in [0, 0.05) is 16.5 Å². The van der Waals surface area contributed by atoms with E-state index in [1.165, 1.54) is 12.1 Å². The molecule has 0 N–H and O–H groups in total. The van der Waals surface area contributed by atoms with Gasteiger partial charge in [-0.05, 0) is 24.3 Å². The highest BCUT2D eigenvalue weighted by Gasteiger charge is 2.24. The van der Waals surface area contributed by atoms with E-state index in [1.807, 2.05) is 18.2 Å². The summed E-state index contributed by atoms with van der Waals surface area (Å²) in [6.45, 7) is 0. The number of aliphatic imine (C=N–C) groups is 1. The fraction of sp³-hybridized carbons (Fsp3) is 0. The molecular weight excluding hydrogens is 292 g/mol. The first kappa shape index (κ1) is 13.2. The first-order valence-electron chi connectivity index (χ1n) is 5.96. The number of rotatable bonds is 3. The van der Waals surface area contributed by atoms with E-state index in [-0.39, 0.29) is 16.6 Å². The average Bonchev–Trinajstić information content (AvgIpc) is 3.08. The fourth-order valence-electron chi connectivity index (χ4n) is 1.77. The van der Waals surface area contributed by atoms with E-state index >= 15 is 0 Å². The number of nitro groups is 1. The van der Waals surface area contributed by atoms with Crippen molar-refractivity contribution in [1.29, 1.82) is 0 Å². The van der Waals surface area contributed by atoms with Gasteiger partial charge in [0.25, 0.3) is 0 Å². The van der Waals surface area contributed by atoms with Gasteiger partial charge in [-0.15, -0.1) is 0 Å². The number of benzene rings is 1. The number of ether oxygens (including phenoxy) is 1. The van der Waals surface area contributed by atoms with Crippen LogP contribution >= 0.6 is 11.3 Å². The van der Waals surface area contributed by atoms with Crippen molar-refractivity contribution in [2.75, 3.05) is 0 Å². The van der Waals surface area contributed by atoms with Gasteiger partial charge in [0.15, 0.2) is 5.70 Å². The van der Waals surface area contributed by atoms with Gasteiger partial charge in [-0.25, -0.2) is 9.79 Å².